The second-order valence-electron chi connectivity index (χ2n) is 4.80. The van der Waals surface area contributed by atoms with Crippen LogP contribution >= 0.6 is 0 Å². The molecular formula is C14H16N4O2. The van der Waals surface area contributed by atoms with Crippen LogP contribution < -0.4 is 0 Å². The molecule has 0 bridgehead atoms. The Morgan fingerprint density at radius 3 is 3.05 bits per heavy atom. The Bertz CT molecular complexity index is 623. The predicted octanol–water partition coefficient (Wildman–Crippen LogP) is 1.08. The molecule has 1 aliphatic heterocycles. The van der Waals surface area contributed by atoms with Crippen molar-refractivity contribution >= 4 is 5.97 Å². The maximum atomic E-state index is 11.8. The number of methoxy groups -OCH3 is 1. The molecule has 0 atom stereocenters. The van der Waals surface area contributed by atoms with Gasteiger partial charge >= 0.3 is 5.97 Å². The van der Waals surface area contributed by atoms with Gasteiger partial charge in [0, 0.05) is 19.6 Å². The summed E-state index contributed by atoms with van der Waals surface area (Å²) in [6, 6.07) is 7.55. The van der Waals surface area contributed by atoms with Crippen molar-refractivity contribution in [1.82, 2.24) is 19.7 Å². The van der Waals surface area contributed by atoms with Gasteiger partial charge in [0.2, 0.25) is 0 Å². The molecule has 2 heterocycles. The standard InChI is InChI=1S/C14H16N4O2/c1-20-14(19)12-5-3-2-4-11(12)8-17-6-7-18-10-15-16-13(18)9-17/h2-5,10H,6-9H2,1H3. The highest BCUT2D eigenvalue weighted by Crippen LogP contribution is 2.16. The number of nitrogens with zero attached hydrogens (tertiary/aromatic N) is 4. The van der Waals surface area contributed by atoms with Gasteiger partial charge in [0.05, 0.1) is 19.2 Å². The predicted molar refractivity (Wildman–Crippen MR) is 71.9 cm³/mol. The van der Waals surface area contributed by atoms with Crippen molar-refractivity contribution < 1.29 is 9.53 Å². The Morgan fingerprint density at radius 1 is 1.35 bits per heavy atom. The molecule has 1 aromatic carbocycles. The number of ether oxygens (including phenoxy) is 1. The topological polar surface area (TPSA) is 60.2 Å². The highest BCUT2D eigenvalue weighted by atomic mass is 16.5. The summed E-state index contributed by atoms with van der Waals surface area (Å²) in [4.78, 5) is 14.0. The summed E-state index contributed by atoms with van der Waals surface area (Å²) in [5, 5.41) is 8.02. The number of hydrogen-bond donors (Lipinski definition) is 0. The second-order valence-corrected chi connectivity index (χ2v) is 4.80. The first-order valence-corrected chi connectivity index (χ1v) is 6.53. The van der Waals surface area contributed by atoms with E-state index in [0.717, 1.165) is 31.0 Å². The lowest BCUT2D eigenvalue weighted by Crippen LogP contribution is -2.33. The summed E-state index contributed by atoms with van der Waals surface area (Å²) in [6.45, 7) is 3.25. The normalized spacial score (nSPS) is 14.8. The molecule has 0 radical (unpaired) electrons. The molecule has 6 heteroatoms. The molecule has 1 aromatic heterocycles. The van der Waals surface area contributed by atoms with E-state index in [4.69, 9.17) is 4.74 Å². The van der Waals surface area contributed by atoms with Crippen LogP contribution in [0.5, 0.6) is 0 Å². The fourth-order valence-corrected chi connectivity index (χ4v) is 2.46. The molecule has 0 N–H and O–H groups in total. The van der Waals surface area contributed by atoms with Crippen LogP contribution in [0.25, 0.3) is 0 Å². The molecule has 0 saturated carbocycles. The average Bonchev–Trinajstić information content (AvgIpc) is 2.94. The lowest BCUT2D eigenvalue weighted by atomic mass is 10.1. The van der Waals surface area contributed by atoms with Crippen LogP contribution in [0.3, 0.4) is 0 Å². The van der Waals surface area contributed by atoms with Gasteiger partial charge in [-0.3, -0.25) is 4.90 Å². The Hall–Kier alpha value is -2.21. The van der Waals surface area contributed by atoms with Gasteiger partial charge < -0.3 is 9.30 Å². The number of hydrogen-bond acceptors (Lipinski definition) is 5. The van der Waals surface area contributed by atoms with E-state index in [1.54, 1.807) is 12.4 Å². The zero-order chi connectivity index (χ0) is 13.9. The first kappa shape index (κ1) is 12.8. The van der Waals surface area contributed by atoms with Crippen LogP contribution in [0, 0.1) is 0 Å². The lowest BCUT2D eigenvalue weighted by molar-refractivity contribution is 0.0598. The Labute approximate surface area is 117 Å². The smallest absolute Gasteiger partial charge is 0.338 e. The number of carbonyl (C=O) groups is 1. The minimum Gasteiger partial charge on any atom is -0.465 e. The molecule has 20 heavy (non-hydrogen) atoms. The third kappa shape index (κ3) is 2.42. The van der Waals surface area contributed by atoms with Gasteiger partial charge in [-0.05, 0) is 11.6 Å². The van der Waals surface area contributed by atoms with Crippen LogP contribution in [0.1, 0.15) is 21.7 Å². The number of carbonyl (C=O) groups excluding carboxylic acids is 1. The largest absolute Gasteiger partial charge is 0.465 e. The van der Waals surface area contributed by atoms with E-state index in [-0.39, 0.29) is 5.97 Å². The molecule has 0 saturated heterocycles. The number of aromatic nitrogens is 3. The van der Waals surface area contributed by atoms with Crippen LogP contribution in [0.2, 0.25) is 0 Å². The Morgan fingerprint density at radius 2 is 2.20 bits per heavy atom. The second kappa shape index (κ2) is 5.42. The highest BCUT2D eigenvalue weighted by molar-refractivity contribution is 5.90. The molecule has 6 nitrogen and oxygen atoms in total. The summed E-state index contributed by atoms with van der Waals surface area (Å²) >= 11 is 0. The first-order chi connectivity index (χ1) is 9.78. The van der Waals surface area contributed by atoms with E-state index >= 15 is 0 Å². The quantitative estimate of drug-likeness (QED) is 0.782. The van der Waals surface area contributed by atoms with Crippen molar-refractivity contribution in [2.45, 2.75) is 19.6 Å². The summed E-state index contributed by atoms with van der Waals surface area (Å²) in [7, 11) is 1.41. The Kier molecular flexibility index (Phi) is 3.47. The zero-order valence-corrected chi connectivity index (χ0v) is 11.3. The molecule has 2 aromatic rings. The monoisotopic (exact) mass is 272 g/mol. The maximum Gasteiger partial charge on any atom is 0.338 e. The third-order valence-corrected chi connectivity index (χ3v) is 3.53. The first-order valence-electron chi connectivity index (χ1n) is 6.53. The van der Waals surface area contributed by atoms with Gasteiger partial charge in [0.15, 0.2) is 0 Å². The van der Waals surface area contributed by atoms with E-state index in [9.17, 15) is 4.79 Å². The molecule has 0 amide bonds. The maximum absolute atomic E-state index is 11.8. The Balaban J connectivity index is 1.78. The van der Waals surface area contributed by atoms with Gasteiger partial charge in [-0.15, -0.1) is 10.2 Å². The van der Waals surface area contributed by atoms with Crippen LogP contribution in [0.15, 0.2) is 30.6 Å². The summed E-state index contributed by atoms with van der Waals surface area (Å²) in [5.41, 5.74) is 1.61. The van der Waals surface area contributed by atoms with E-state index in [2.05, 4.69) is 19.7 Å². The molecule has 0 fully saturated rings. The molecular weight excluding hydrogens is 256 g/mol. The number of benzene rings is 1. The SMILES string of the molecule is COC(=O)c1ccccc1CN1CCn2cnnc2C1. The molecule has 3 rings (SSSR count). The average molecular weight is 272 g/mol. The summed E-state index contributed by atoms with van der Waals surface area (Å²) < 4.78 is 6.88. The van der Waals surface area contributed by atoms with Crippen molar-refractivity contribution in [2.75, 3.05) is 13.7 Å². The van der Waals surface area contributed by atoms with Crippen molar-refractivity contribution in [3.05, 3.63) is 47.5 Å². The molecule has 0 unspecified atom stereocenters. The highest BCUT2D eigenvalue weighted by Gasteiger charge is 2.19. The summed E-state index contributed by atoms with van der Waals surface area (Å²) in [5.74, 6) is 0.674. The van der Waals surface area contributed by atoms with Crippen molar-refractivity contribution in [1.29, 1.82) is 0 Å². The summed E-state index contributed by atoms with van der Waals surface area (Å²) in [6.07, 6.45) is 1.76. The van der Waals surface area contributed by atoms with Crippen LogP contribution in [-0.4, -0.2) is 39.3 Å². The van der Waals surface area contributed by atoms with Gasteiger partial charge in [-0.25, -0.2) is 4.79 Å². The van der Waals surface area contributed by atoms with Gasteiger partial charge in [-0.1, -0.05) is 18.2 Å². The number of esters is 1. The van der Waals surface area contributed by atoms with Crippen molar-refractivity contribution in [2.24, 2.45) is 0 Å². The molecule has 1 aliphatic rings. The van der Waals surface area contributed by atoms with Crippen LogP contribution in [0.4, 0.5) is 0 Å². The van der Waals surface area contributed by atoms with Gasteiger partial charge in [0.25, 0.3) is 0 Å². The zero-order valence-electron chi connectivity index (χ0n) is 11.3. The number of rotatable bonds is 3. The van der Waals surface area contributed by atoms with Crippen molar-refractivity contribution in [3.8, 4) is 0 Å². The molecule has 104 valence electrons. The number of fused-ring (bicyclic) bond motifs is 1. The van der Waals surface area contributed by atoms with E-state index in [1.807, 2.05) is 18.2 Å². The third-order valence-electron chi connectivity index (χ3n) is 3.53. The van der Waals surface area contributed by atoms with Crippen molar-refractivity contribution in [3.63, 3.8) is 0 Å². The molecule has 0 spiro atoms. The fraction of sp³-hybridized carbons (Fsp3) is 0.357. The minimum atomic E-state index is -0.291. The minimum absolute atomic E-state index is 0.291. The van der Waals surface area contributed by atoms with Gasteiger partial charge in [-0.2, -0.15) is 0 Å². The van der Waals surface area contributed by atoms with Crippen LogP contribution in [-0.2, 0) is 24.4 Å². The van der Waals surface area contributed by atoms with Gasteiger partial charge in [0.1, 0.15) is 12.2 Å². The van der Waals surface area contributed by atoms with E-state index in [1.165, 1.54) is 7.11 Å². The van der Waals surface area contributed by atoms with E-state index < -0.39 is 0 Å². The van der Waals surface area contributed by atoms with E-state index in [0.29, 0.717) is 12.1 Å². The fourth-order valence-electron chi connectivity index (χ4n) is 2.46. The molecule has 0 aliphatic carbocycles. The lowest BCUT2D eigenvalue weighted by Gasteiger charge is -2.27.